The molecule has 5 rings (SSSR count). The number of fused-ring (bicyclic) bond motifs is 2. The SMILES string of the molecule is CN1CCN(C2=Nc3cc(Br)ccc3N3CCc4cc(Cl)cc2c43)CC1. The average molecular weight is 432 g/mol. The number of nitrogens with zero attached hydrogens (tertiary/aromatic N) is 4. The molecule has 6 heteroatoms. The van der Waals surface area contributed by atoms with E-state index in [-0.39, 0.29) is 0 Å². The third-order valence-corrected chi connectivity index (χ3v) is 6.24. The van der Waals surface area contributed by atoms with Gasteiger partial charge in [-0.05, 0) is 49.4 Å². The van der Waals surface area contributed by atoms with Crippen molar-refractivity contribution in [3.05, 3.63) is 51.0 Å². The highest BCUT2D eigenvalue weighted by molar-refractivity contribution is 9.10. The van der Waals surface area contributed by atoms with Crippen molar-refractivity contribution in [1.29, 1.82) is 0 Å². The fraction of sp³-hybridized carbons (Fsp3) is 0.350. The van der Waals surface area contributed by atoms with Gasteiger partial charge in [-0.1, -0.05) is 27.5 Å². The fourth-order valence-electron chi connectivity index (χ4n) is 4.17. The van der Waals surface area contributed by atoms with Crippen LogP contribution < -0.4 is 4.90 Å². The van der Waals surface area contributed by atoms with Crippen molar-refractivity contribution in [2.45, 2.75) is 6.42 Å². The van der Waals surface area contributed by atoms with Crippen molar-refractivity contribution in [2.24, 2.45) is 4.99 Å². The monoisotopic (exact) mass is 430 g/mol. The van der Waals surface area contributed by atoms with Gasteiger partial charge in [0.1, 0.15) is 5.84 Å². The first-order valence-corrected chi connectivity index (χ1v) is 10.2. The molecule has 0 saturated carbocycles. The summed E-state index contributed by atoms with van der Waals surface area (Å²) >= 11 is 10.1. The van der Waals surface area contributed by atoms with Gasteiger partial charge in [0.15, 0.2) is 0 Å². The Morgan fingerprint density at radius 2 is 1.85 bits per heavy atom. The third kappa shape index (κ3) is 2.65. The Morgan fingerprint density at radius 3 is 2.65 bits per heavy atom. The van der Waals surface area contributed by atoms with Crippen molar-refractivity contribution in [3.63, 3.8) is 0 Å². The molecule has 3 heterocycles. The molecule has 26 heavy (non-hydrogen) atoms. The molecule has 0 bridgehead atoms. The van der Waals surface area contributed by atoms with Crippen molar-refractivity contribution in [3.8, 4) is 0 Å². The second kappa shape index (κ2) is 6.25. The first-order chi connectivity index (χ1) is 12.6. The zero-order valence-corrected chi connectivity index (χ0v) is 17.0. The second-order valence-corrected chi connectivity index (χ2v) is 8.57. The van der Waals surface area contributed by atoms with E-state index >= 15 is 0 Å². The van der Waals surface area contributed by atoms with E-state index in [0.717, 1.165) is 60.2 Å². The number of anilines is 2. The van der Waals surface area contributed by atoms with E-state index in [1.807, 2.05) is 0 Å². The summed E-state index contributed by atoms with van der Waals surface area (Å²) in [4.78, 5) is 12.3. The number of piperazine rings is 1. The van der Waals surface area contributed by atoms with E-state index in [1.165, 1.54) is 22.5 Å². The van der Waals surface area contributed by atoms with Crippen LogP contribution in [0.1, 0.15) is 11.1 Å². The van der Waals surface area contributed by atoms with Crippen LogP contribution >= 0.6 is 27.5 Å². The average Bonchev–Trinajstić information content (AvgIpc) is 2.98. The number of amidine groups is 1. The summed E-state index contributed by atoms with van der Waals surface area (Å²) in [5.41, 5.74) is 5.98. The van der Waals surface area contributed by atoms with Gasteiger partial charge in [0.2, 0.25) is 0 Å². The zero-order chi connectivity index (χ0) is 17.8. The lowest BCUT2D eigenvalue weighted by Crippen LogP contribution is -2.47. The van der Waals surface area contributed by atoms with Crippen LogP contribution in [0.2, 0.25) is 5.02 Å². The molecule has 0 spiro atoms. The van der Waals surface area contributed by atoms with Gasteiger partial charge in [0.25, 0.3) is 0 Å². The van der Waals surface area contributed by atoms with Crippen LogP contribution in [0.3, 0.4) is 0 Å². The van der Waals surface area contributed by atoms with Gasteiger partial charge >= 0.3 is 0 Å². The molecule has 134 valence electrons. The van der Waals surface area contributed by atoms with E-state index < -0.39 is 0 Å². The first kappa shape index (κ1) is 16.6. The van der Waals surface area contributed by atoms with Crippen LogP contribution in [0.25, 0.3) is 0 Å². The van der Waals surface area contributed by atoms with Crippen molar-refractivity contribution < 1.29 is 0 Å². The van der Waals surface area contributed by atoms with Crippen LogP contribution in [0.15, 0.2) is 39.8 Å². The molecular formula is C20H20BrClN4. The lowest BCUT2D eigenvalue weighted by atomic mass is 10.1. The van der Waals surface area contributed by atoms with E-state index in [9.17, 15) is 0 Å². The van der Waals surface area contributed by atoms with Crippen molar-refractivity contribution in [2.75, 3.05) is 44.7 Å². The molecule has 0 aromatic heterocycles. The zero-order valence-electron chi connectivity index (χ0n) is 14.7. The van der Waals surface area contributed by atoms with Crippen LogP contribution in [-0.2, 0) is 6.42 Å². The smallest absolute Gasteiger partial charge is 0.138 e. The molecule has 0 N–H and O–H groups in total. The summed E-state index contributed by atoms with van der Waals surface area (Å²) in [6.45, 7) is 5.05. The maximum Gasteiger partial charge on any atom is 0.138 e. The molecule has 1 saturated heterocycles. The molecule has 2 aromatic rings. The summed E-state index contributed by atoms with van der Waals surface area (Å²) in [6.07, 6.45) is 1.02. The second-order valence-electron chi connectivity index (χ2n) is 7.22. The molecule has 1 fully saturated rings. The standard InChI is InChI=1S/C20H20BrClN4/c1-24-6-8-25(9-7-24)20-16-12-15(22)10-13-4-5-26(19(13)16)18-3-2-14(21)11-17(18)23-20/h2-3,10-12H,4-9H2,1H3. The quantitative estimate of drug-likeness (QED) is 0.616. The number of benzene rings is 2. The minimum atomic E-state index is 0.801. The summed E-state index contributed by atoms with van der Waals surface area (Å²) in [5.74, 6) is 1.06. The molecule has 3 aliphatic heterocycles. The van der Waals surface area contributed by atoms with Gasteiger partial charge in [0.05, 0.1) is 17.1 Å². The Kier molecular flexibility index (Phi) is 3.99. The van der Waals surface area contributed by atoms with Gasteiger partial charge in [-0.15, -0.1) is 0 Å². The van der Waals surface area contributed by atoms with Gasteiger partial charge < -0.3 is 14.7 Å². The summed E-state index contributed by atoms with van der Waals surface area (Å²) in [5, 5.41) is 0.801. The maximum absolute atomic E-state index is 6.49. The first-order valence-electron chi connectivity index (χ1n) is 9.02. The molecule has 0 unspecified atom stereocenters. The predicted octanol–water partition coefficient (Wildman–Crippen LogP) is 4.44. The largest absolute Gasteiger partial charge is 0.353 e. The van der Waals surface area contributed by atoms with Crippen LogP contribution in [0.5, 0.6) is 0 Å². The van der Waals surface area contributed by atoms with Gasteiger partial charge in [0, 0.05) is 47.8 Å². The minimum absolute atomic E-state index is 0.801. The highest BCUT2D eigenvalue weighted by atomic mass is 79.9. The number of hydrogen-bond acceptors (Lipinski definition) is 4. The molecule has 4 nitrogen and oxygen atoms in total. The Balaban J connectivity index is 1.73. The Labute approximate surface area is 167 Å². The van der Waals surface area contributed by atoms with E-state index in [1.54, 1.807) is 0 Å². The van der Waals surface area contributed by atoms with Gasteiger partial charge in [-0.3, -0.25) is 0 Å². The Morgan fingerprint density at radius 1 is 1.04 bits per heavy atom. The minimum Gasteiger partial charge on any atom is -0.353 e. The summed E-state index contributed by atoms with van der Waals surface area (Å²) in [7, 11) is 2.18. The van der Waals surface area contributed by atoms with Crippen molar-refractivity contribution >= 4 is 50.4 Å². The van der Waals surface area contributed by atoms with E-state index in [0.29, 0.717) is 0 Å². The Hall–Kier alpha value is -1.56. The van der Waals surface area contributed by atoms with Gasteiger partial charge in [-0.2, -0.15) is 0 Å². The number of hydrogen-bond donors (Lipinski definition) is 0. The molecule has 2 aromatic carbocycles. The fourth-order valence-corrected chi connectivity index (χ4v) is 4.76. The molecular weight excluding hydrogens is 412 g/mol. The van der Waals surface area contributed by atoms with Gasteiger partial charge in [-0.25, -0.2) is 4.99 Å². The maximum atomic E-state index is 6.49. The summed E-state index contributed by atoms with van der Waals surface area (Å²) in [6, 6.07) is 10.6. The molecule has 0 atom stereocenters. The molecule has 3 aliphatic rings. The molecule has 0 radical (unpaired) electrons. The summed E-state index contributed by atoms with van der Waals surface area (Å²) < 4.78 is 1.06. The molecule has 0 aliphatic carbocycles. The highest BCUT2D eigenvalue weighted by Gasteiger charge is 2.32. The van der Waals surface area contributed by atoms with Crippen LogP contribution in [-0.4, -0.2) is 55.4 Å². The highest BCUT2D eigenvalue weighted by Crippen LogP contribution is 2.46. The number of rotatable bonds is 0. The third-order valence-electron chi connectivity index (χ3n) is 5.53. The lowest BCUT2D eigenvalue weighted by molar-refractivity contribution is 0.216. The number of likely N-dealkylation sites (N-methyl/N-ethyl adjacent to an activating group) is 1. The Bertz CT molecular complexity index is 918. The number of aliphatic imine (C=N–C) groups is 1. The topological polar surface area (TPSA) is 22.1 Å². The normalized spacial score (nSPS) is 19.1. The van der Waals surface area contributed by atoms with E-state index in [2.05, 4.69) is 68.0 Å². The molecule has 0 amide bonds. The van der Waals surface area contributed by atoms with Crippen LogP contribution in [0.4, 0.5) is 17.1 Å². The lowest BCUT2D eigenvalue weighted by Gasteiger charge is -2.35. The van der Waals surface area contributed by atoms with Crippen molar-refractivity contribution in [1.82, 2.24) is 9.80 Å². The predicted molar refractivity (Wildman–Crippen MR) is 112 cm³/mol. The number of halogens is 2. The van der Waals surface area contributed by atoms with Crippen LogP contribution in [0, 0.1) is 0 Å². The van der Waals surface area contributed by atoms with E-state index in [4.69, 9.17) is 16.6 Å².